The van der Waals surface area contributed by atoms with Crippen LogP contribution in [0.3, 0.4) is 0 Å². The fraction of sp³-hybridized carbons (Fsp3) is 0.917. The first-order chi connectivity index (χ1) is 8.34. The summed E-state index contributed by atoms with van der Waals surface area (Å²) in [5, 5.41) is 3.10. The molecule has 1 N–H and O–H groups in total. The maximum Gasteiger partial charge on any atom is 0.223 e. The zero-order valence-electron chi connectivity index (χ0n) is 11.5. The Balaban J connectivity index is 2.44. The quantitative estimate of drug-likeness (QED) is 0.782. The number of carbonyl (C=O) groups excluding carboxylic acids is 1. The second-order valence-electron chi connectivity index (χ2n) is 5.26. The smallest absolute Gasteiger partial charge is 0.223 e. The van der Waals surface area contributed by atoms with Crippen molar-refractivity contribution < 1.29 is 13.2 Å². The molecule has 0 bridgehead atoms. The van der Waals surface area contributed by atoms with Crippen molar-refractivity contribution in [1.29, 1.82) is 0 Å². The summed E-state index contributed by atoms with van der Waals surface area (Å²) in [6, 6.07) is -0.226. The second-order valence-corrected chi connectivity index (χ2v) is 7.49. The minimum Gasteiger partial charge on any atom is -0.345 e. The zero-order chi connectivity index (χ0) is 13.8. The largest absolute Gasteiger partial charge is 0.345 e. The fourth-order valence-electron chi connectivity index (χ4n) is 2.06. The maximum atomic E-state index is 12.0. The number of sulfone groups is 1. The Morgan fingerprint density at radius 2 is 2.17 bits per heavy atom. The zero-order valence-corrected chi connectivity index (χ0v) is 12.3. The number of rotatable bonds is 5. The molecule has 1 saturated heterocycles. The van der Waals surface area contributed by atoms with E-state index < -0.39 is 9.84 Å². The average Bonchev–Trinajstić information content (AvgIpc) is 2.27. The van der Waals surface area contributed by atoms with Crippen LogP contribution in [0.25, 0.3) is 0 Å². The van der Waals surface area contributed by atoms with Crippen LogP contribution in [-0.2, 0) is 14.6 Å². The Labute approximate surface area is 110 Å². The standard InChI is InChI=1S/C12H24N2O3S/c1-4-10(2)8-14(3)12(15)7-11-9-18(16,17)6-5-13-11/h10-11,13H,4-9H2,1-3H3. The molecule has 1 heterocycles. The predicted molar refractivity (Wildman–Crippen MR) is 72.2 cm³/mol. The van der Waals surface area contributed by atoms with Gasteiger partial charge in [-0.3, -0.25) is 4.79 Å². The first kappa shape index (κ1) is 15.4. The van der Waals surface area contributed by atoms with Gasteiger partial charge in [-0.15, -0.1) is 0 Å². The van der Waals surface area contributed by atoms with Crippen molar-refractivity contribution in [3.8, 4) is 0 Å². The normalized spacial score (nSPS) is 24.5. The molecule has 0 spiro atoms. The first-order valence-electron chi connectivity index (χ1n) is 6.52. The molecule has 5 nitrogen and oxygen atoms in total. The van der Waals surface area contributed by atoms with E-state index in [4.69, 9.17) is 0 Å². The minimum atomic E-state index is -2.96. The number of carbonyl (C=O) groups is 1. The molecule has 1 aliphatic rings. The third-order valence-electron chi connectivity index (χ3n) is 3.43. The molecule has 6 heteroatoms. The Bertz CT molecular complexity index is 381. The predicted octanol–water partition coefficient (Wildman–Crippen LogP) is 0.268. The number of nitrogens with one attached hydrogen (secondary N) is 1. The van der Waals surface area contributed by atoms with Crippen LogP contribution in [0, 0.1) is 5.92 Å². The van der Waals surface area contributed by atoms with Crippen LogP contribution in [-0.4, -0.2) is 56.9 Å². The molecule has 18 heavy (non-hydrogen) atoms. The van der Waals surface area contributed by atoms with Crippen LogP contribution in [0.15, 0.2) is 0 Å². The van der Waals surface area contributed by atoms with Gasteiger partial charge < -0.3 is 10.2 Å². The summed E-state index contributed by atoms with van der Waals surface area (Å²) in [6.45, 7) is 5.38. The number of hydrogen-bond acceptors (Lipinski definition) is 4. The minimum absolute atomic E-state index is 0.0184. The van der Waals surface area contributed by atoms with E-state index in [9.17, 15) is 13.2 Å². The average molecular weight is 276 g/mol. The van der Waals surface area contributed by atoms with E-state index in [1.165, 1.54) is 0 Å². The third-order valence-corrected chi connectivity index (χ3v) is 5.17. The van der Waals surface area contributed by atoms with Crippen molar-refractivity contribution in [1.82, 2.24) is 10.2 Å². The Kier molecular flexibility index (Phi) is 5.59. The van der Waals surface area contributed by atoms with E-state index in [-0.39, 0.29) is 29.9 Å². The third kappa shape index (κ3) is 4.94. The summed E-state index contributed by atoms with van der Waals surface area (Å²) in [5.74, 6) is 0.753. The van der Waals surface area contributed by atoms with Crippen molar-refractivity contribution >= 4 is 15.7 Å². The summed E-state index contributed by atoms with van der Waals surface area (Å²) in [7, 11) is -1.18. The van der Waals surface area contributed by atoms with Gasteiger partial charge in [-0.25, -0.2) is 8.42 Å². The highest BCUT2D eigenvalue weighted by Crippen LogP contribution is 2.09. The molecule has 106 valence electrons. The molecule has 2 atom stereocenters. The Morgan fingerprint density at radius 3 is 2.72 bits per heavy atom. The van der Waals surface area contributed by atoms with Crippen molar-refractivity contribution in [3.63, 3.8) is 0 Å². The van der Waals surface area contributed by atoms with E-state index >= 15 is 0 Å². The van der Waals surface area contributed by atoms with Gasteiger partial charge in [-0.2, -0.15) is 0 Å². The van der Waals surface area contributed by atoms with Crippen molar-refractivity contribution in [2.24, 2.45) is 5.92 Å². The van der Waals surface area contributed by atoms with Crippen molar-refractivity contribution in [3.05, 3.63) is 0 Å². The van der Waals surface area contributed by atoms with Gasteiger partial charge in [0.15, 0.2) is 9.84 Å². The number of hydrogen-bond donors (Lipinski definition) is 1. The lowest BCUT2D eigenvalue weighted by molar-refractivity contribution is -0.130. The van der Waals surface area contributed by atoms with Gasteiger partial charge in [0.1, 0.15) is 0 Å². The van der Waals surface area contributed by atoms with Gasteiger partial charge in [0.05, 0.1) is 11.5 Å². The lowest BCUT2D eigenvalue weighted by Gasteiger charge is -2.26. The van der Waals surface area contributed by atoms with Crippen LogP contribution < -0.4 is 5.32 Å². The van der Waals surface area contributed by atoms with Gasteiger partial charge in [0.25, 0.3) is 0 Å². The number of nitrogens with zero attached hydrogens (tertiary/aromatic N) is 1. The lowest BCUT2D eigenvalue weighted by atomic mass is 10.1. The summed E-state index contributed by atoms with van der Waals surface area (Å²) in [4.78, 5) is 13.7. The molecule has 0 aromatic rings. The highest BCUT2D eigenvalue weighted by Gasteiger charge is 2.27. The molecule has 1 aliphatic heterocycles. The van der Waals surface area contributed by atoms with E-state index in [1.54, 1.807) is 11.9 Å². The molecule has 1 amide bonds. The molecule has 2 unspecified atom stereocenters. The van der Waals surface area contributed by atoms with Crippen LogP contribution in [0.5, 0.6) is 0 Å². The van der Waals surface area contributed by atoms with Crippen LogP contribution in [0.4, 0.5) is 0 Å². The summed E-state index contributed by atoms with van der Waals surface area (Å²) < 4.78 is 22.9. The topological polar surface area (TPSA) is 66.5 Å². The monoisotopic (exact) mass is 276 g/mol. The molecule has 1 rings (SSSR count). The molecular weight excluding hydrogens is 252 g/mol. The van der Waals surface area contributed by atoms with Crippen molar-refractivity contribution in [2.45, 2.75) is 32.7 Å². The number of amides is 1. The molecule has 0 aromatic carbocycles. The van der Waals surface area contributed by atoms with E-state index in [2.05, 4.69) is 19.2 Å². The highest BCUT2D eigenvalue weighted by molar-refractivity contribution is 7.91. The molecular formula is C12H24N2O3S. The fourth-order valence-corrected chi connectivity index (χ4v) is 3.51. The lowest BCUT2D eigenvalue weighted by Crippen LogP contribution is -2.47. The van der Waals surface area contributed by atoms with Crippen LogP contribution in [0.2, 0.25) is 0 Å². The molecule has 0 aromatic heterocycles. The first-order valence-corrected chi connectivity index (χ1v) is 8.34. The van der Waals surface area contributed by atoms with E-state index in [0.717, 1.165) is 13.0 Å². The Morgan fingerprint density at radius 1 is 1.50 bits per heavy atom. The van der Waals surface area contributed by atoms with Gasteiger partial charge in [0.2, 0.25) is 5.91 Å². The van der Waals surface area contributed by atoms with Gasteiger partial charge in [-0.1, -0.05) is 20.3 Å². The van der Waals surface area contributed by atoms with Crippen LogP contribution >= 0.6 is 0 Å². The molecule has 0 radical (unpaired) electrons. The Hall–Kier alpha value is -0.620. The molecule has 0 aliphatic carbocycles. The summed E-state index contributed by atoms with van der Waals surface area (Å²) in [6.07, 6.45) is 1.31. The maximum absolute atomic E-state index is 12.0. The summed E-state index contributed by atoms with van der Waals surface area (Å²) >= 11 is 0. The van der Waals surface area contributed by atoms with E-state index in [0.29, 0.717) is 12.5 Å². The van der Waals surface area contributed by atoms with Gasteiger partial charge in [-0.05, 0) is 5.92 Å². The van der Waals surface area contributed by atoms with Gasteiger partial charge in [0, 0.05) is 32.6 Å². The highest BCUT2D eigenvalue weighted by atomic mass is 32.2. The molecule has 0 saturated carbocycles. The SMILES string of the molecule is CCC(C)CN(C)C(=O)CC1CS(=O)(=O)CCN1. The second kappa shape index (κ2) is 6.52. The van der Waals surface area contributed by atoms with E-state index in [1.807, 2.05) is 0 Å². The van der Waals surface area contributed by atoms with Crippen LogP contribution in [0.1, 0.15) is 26.7 Å². The van der Waals surface area contributed by atoms with Crippen molar-refractivity contribution in [2.75, 3.05) is 31.6 Å². The van der Waals surface area contributed by atoms with Gasteiger partial charge >= 0.3 is 0 Å². The summed E-state index contributed by atoms with van der Waals surface area (Å²) in [5.41, 5.74) is 0. The molecule has 1 fully saturated rings.